The Morgan fingerprint density at radius 3 is 2.41 bits per heavy atom. The SMILES string of the molecule is O=C(O)c1cnc(C2CCCN2CC2CCCCCC2)nc1. The van der Waals surface area contributed by atoms with E-state index < -0.39 is 5.97 Å². The van der Waals surface area contributed by atoms with Gasteiger partial charge in [-0.1, -0.05) is 25.7 Å². The molecule has 0 spiro atoms. The van der Waals surface area contributed by atoms with Crippen molar-refractivity contribution in [2.24, 2.45) is 5.92 Å². The first-order chi connectivity index (χ1) is 10.7. The quantitative estimate of drug-likeness (QED) is 0.865. The van der Waals surface area contributed by atoms with Gasteiger partial charge in [0.1, 0.15) is 5.82 Å². The molecule has 1 N–H and O–H groups in total. The maximum Gasteiger partial charge on any atom is 0.338 e. The molecule has 1 atom stereocenters. The van der Waals surface area contributed by atoms with Crippen molar-refractivity contribution in [1.29, 1.82) is 0 Å². The lowest BCUT2D eigenvalue weighted by molar-refractivity contribution is 0.0695. The van der Waals surface area contributed by atoms with Crippen LogP contribution >= 0.6 is 0 Å². The maximum absolute atomic E-state index is 10.9. The summed E-state index contributed by atoms with van der Waals surface area (Å²) in [6.45, 7) is 2.26. The van der Waals surface area contributed by atoms with E-state index >= 15 is 0 Å². The van der Waals surface area contributed by atoms with E-state index in [4.69, 9.17) is 5.11 Å². The number of aromatic nitrogens is 2. The Labute approximate surface area is 131 Å². The maximum atomic E-state index is 10.9. The molecular formula is C17H25N3O2. The zero-order valence-electron chi connectivity index (χ0n) is 13.1. The van der Waals surface area contributed by atoms with Crippen molar-refractivity contribution in [2.45, 2.75) is 57.4 Å². The molecule has 0 bridgehead atoms. The second-order valence-electron chi connectivity index (χ2n) is 6.65. The second kappa shape index (κ2) is 7.18. The summed E-state index contributed by atoms with van der Waals surface area (Å²) < 4.78 is 0. The Bertz CT molecular complexity index is 495. The molecular weight excluding hydrogens is 278 g/mol. The summed E-state index contributed by atoms with van der Waals surface area (Å²) in [5, 5.41) is 8.95. The van der Waals surface area contributed by atoms with Crippen LogP contribution in [0.2, 0.25) is 0 Å². The molecule has 0 radical (unpaired) electrons. The first-order valence-corrected chi connectivity index (χ1v) is 8.53. The molecule has 0 amide bonds. The third kappa shape index (κ3) is 3.64. The van der Waals surface area contributed by atoms with Gasteiger partial charge in [0.2, 0.25) is 0 Å². The molecule has 0 aromatic carbocycles. The van der Waals surface area contributed by atoms with Crippen LogP contribution in [0.4, 0.5) is 0 Å². The van der Waals surface area contributed by atoms with Crippen LogP contribution in [0.1, 0.15) is 73.6 Å². The third-order valence-corrected chi connectivity index (χ3v) is 5.05. The smallest absolute Gasteiger partial charge is 0.338 e. The van der Waals surface area contributed by atoms with Crippen LogP contribution in [-0.4, -0.2) is 39.0 Å². The van der Waals surface area contributed by atoms with Gasteiger partial charge in [0.05, 0.1) is 11.6 Å². The van der Waals surface area contributed by atoms with E-state index in [9.17, 15) is 4.79 Å². The number of carboxylic acids is 1. The Morgan fingerprint density at radius 2 is 1.77 bits per heavy atom. The predicted molar refractivity (Wildman–Crippen MR) is 83.7 cm³/mol. The molecule has 3 rings (SSSR count). The number of hydrogen-bond acceptors (Lipinski definition) is 4. The normalized spacial score (nSPS) is 24.3. The Morgan fingerprint density at radius 1 is 1.09 bits per heavy atom. The highest BCUT2D eigenvalue weighted by molar-refractivity contribution is 5.86. The summed E-state index contributed by atoms with van der Waals surface area (Å²) in [5.74, 6) is 0.630. The summed E-state index contributed by atoms with van der Waals surface area (Å²) in [7, 11) is 0. The lowest BCUT2D eigenvalue weighted by Gasteiger charge is -2.27. The van der Waals surface area contributed by atoms with Crippen molar-refractivity contribution in [3.05, 3.63) is 23.8 Å². The van der Waals surface area contributed by atoms with Gasteiger partial charge in [0.25, 0.3) is 0 Å². The molecule has 1 aromatic heterocycles. The lowest BCUT2D eigenvalue weighted by Crippen LogP contribution is -2.30. The molecule has 1 saturated carbocycles. The third-order valence-electron chi connectivity index (χ3n) is 5.05. The fraction of sp³-hybridized carbons (Fsp3) is 0.706. The van der Waals surface area contributed by atoms with Crippen LogP contribution < -0.4 is 0 Å². The number of likely N-dealkylation sites (tertiary alicyclic amines) is 1. The van der Waals surface area contributed by atoms with Crippen molar-refractivity contribution < 1.29 is 9.90 Å². The number of carboxylic acid groups (broad SMARTS) is 1. The van der Waals surface area contributed by atoms with Gasteiger partial charge in [0, 0.05) is 18.9 Å². The van der Waals surface area contributed by atoms with Gasteiger partial charge in [-0.05, 0) is 38.1 Å². The number of hydrogen-bond donors (Lipinski definition) is 1. The van der Waals surface area contributed by atoms with Gasteiger partial charge in [-0.3, -0.25) is 4.90 Å². The average molecular weight is 303 g/mol. The summed E-state index contributed by atoms with van der Waals surface area (Å²) >= 11 is 0. The molecule has 1 aromatic rings. The van der Waals surface area contributed by atoms with Gasteiger partial charge < -0.3 is 5.11 Å². The minimum Gasteiger partial charge on any atom is -0.478 e. The van der Waals surface area contributed by atoms with E-state index in [1.165, 1.54) is 57.3 Å². The highest BCUT2D eigenvalue weighted by atomic mass is 16.4. The standard InChI is InChI=1S/C17H25N3O2/c21-17(22)14-10-18-16(19-11-14)15-8-5-9-20(15)12-13-6-3-1-2-4-7-13/h10-11,13,15H,1-9,12H2,(H,21,22). The molecule has 1 unspecified atom stereocenters. The summed E-state index contributed by atoms with van der Waals surface area (Å²) in [4.78, 5) is 22.0. The summed E-state index contributed by atoms with van der Waals surface area (Å²) in [5.41, 5.74) is 0.164. The molecule has 1 aliphatic carbocycles. The highest BCUT2D eigenvalue weighted by Crippen LogP contribution is 2.33. The van der Waals surface area contributed by atoms with E-state index in [1.807, 2.05) is 0 Å². The minimum absolute atomic E-state index is 0.164. The van der Waals surface area contributed by atoms with Crippen molar-refractivity contribution in [3.8, 4) is 0 Å². The monoisotopic (exact) mass is 303 g/mol. The van der Waals surface area contributed by atoms with Gasteiger partial charge >= 0.3 is 5.97 Å². The minimum atomic E-state index is -0.965. The van der Waals surface area contributed by atoms with E-state index in [2.05, 4.69) is 14.9 Å². The fourth-order valence-electron chi connectivity index (χ4n) is 3.84. The lowest BCUT2D eigenvalue weighted by atomic mass is 9.99. The van der Waals surface area contributed by atoms with Gasteiger partial charge in [-0.15, -0.1) is 0 Å². The zero-order valence-corrected chi connectivity index (χ0v) is 13.1. The average Bonchev–Trinajstić information content (AvgIpc) is 2.82. The number of carbonyl (C=O) groups is 1. The van der Waals surface area contributed by atoms with Crippen LogP contribution in [-0.2, 0) is 0 Å². The van der Waals surface area contributed by atoms with Crippen LogP contribution in [0.15, 0.2) is 12.4 Å². The zero-order chi connectivity index (χ0) is 15.4. The van der Waals surface area contributed by atoms with Crippen LogP contribution in [0.3, 0.4) is 0 Å². The molecule has 1 saturated heterocycles. The molecule has 120 valence electrons. The number of nitrogens with zero attached hydrogens (tertiary/aromatic N) is 3. The fourth-order valence-corrected chi connectivity index (χ4v) is 3.84. The van der Waals surface area contributed by atoms with E-state index in [0.717, 1.165) is 31.3 Å². The Kier molecular flexibility index (Phi) is 5.03. The van der Waals surface area contributed by atoms with Gasteiger partial charge in [0.15, 0.2) is 0 Å². The van der Waals surface area contributed by atoms with Crippen molar-refractivity contribution in [2.75, 3.05) is 13.1 Å². The summed E-state index contributed by atoms with van der Waals surface area (Å²) in [6, 6.07) is 0.270. The largest absolute Gasteiger partial charge is 0.478 e. The molecule has 1 aliphatic heterocycles. The first-order valence-electron chi connectivity index (χ1n) is 8.53. The van der Waals surface area contributed by atoms with Crippen LogP contribution in [0.25, 0.3) is 0 Å². The summed E-state index contributed by atoms with van der Waals surface area (Å²) in [6.07, 6.45) is 13.4. The number of rotatable bonds is 4. The van der Waals surface area contributed by atoms with Crippen molar-refractivity contribution in [1.82, 2.24) is 14.9 Å². The van der Waals surface area contributed by atoms with Crippen LogP contribution in [0, 0.1) is 5.92 Å². The second-order valence-corrected chi connectivity index (χ2v) is 6.65. The van der Waals surface area contributed by atoms with Crippen molar-refractivity contribution >= 4 is 5.97 Å². The predicted octanol–water partition coefficient (Wildman–Crippen LogP) is 3.28. The van der Waals surface area contributed by atoms with Gasteiger partial charge in [-0.2, -0.15) is 0 Å². The van der Waals surface area contributed by atoms with E-state index in [0.29, 0.717) is 0 Å². The number of aromatic carboxylic acids is 1. The van der Waals surface area contributed by atoms with E-state index in [1.54, 1.807) is 0 Å². The van der Waals surface area contributed by atoms with Gasteiger partial charge in [-0.25, -0.2) is 14.8 Å². The molecule has 5 nitrogen and oxygen atoms in total. The Hall–Kier alpha value is -1.49. The van der Waals surface area contributed by atoms with Crippen molar-refractivity contribution in [3.63, 3.8) is 0 Å². The molecule has 22 heavy (non-hydrogen) atoms. The molecule has 2 aliphatic rings. The molecule has 2 heterocycles. The van der Waals surface area contributed by atoms with E-state index in [-0.39, 0.29) is 11.6 Å². The Balaban J connectivity index is 1.65. The highest BCUT2D eigenvalue weighted by Gasteiger charge is 2.30. The topological polar surface area (TPSA) is 66.3 Å². The molecule has 5 heteroatoms. The first kappa shape index (κ1) is 15.4. The molecule has 2 fully saturated rings. The van der Waals surface area contributed by atoms with Crippen LogP contribution in [0.5, 0.6) is 0 Å².